The Balaban J connectivity index is 2.06. The summed E-state index contributed by atoms with van der Waals surface area (Å²) in [5.74, 6) is -0.289. The fraction of sp³-hybridized carbons (Fsp3) is 0.0476. The summed E-state index contributed by atoms with van der Waals surface area (Å²) >= 11 is 0. The number of anilines is 1. The molecule has 28 heavy (non-hydrogen) atoms. The highest BCUT2D eigenvalue weighted by molar-refractivity contribution is 5.93. The SMILES string of the molecule is COC(=O)c1ccc(/C=C(\C#N)c2nn(-c3ccccc3)c(N)c2C#N)cc1. The molecule has 3 aromatic rings. The van der Waals surface area contributed by atoms with E-state index in [2.05, 4.69) is 15.9 Å². The third-order valence-electron chi connectivity index (χ3n) is 4.05. The zero-order valence-corrected chi connectivity index (χ0v) is 15.0. The molecule has 0 atom stereocenters. The summed E-state index contributed by atoms with van der Waals surface area (Å²) in [6.45, 7) is 0. The van der Waals surface area contributed by atoms with Gasteiger partial charge < -0.3 is 10.5 Å². The second-order valence-electron chi connectivity index (χ2n) is 5.75. The standard InChI is InChI=1S/C21H15N5O2/c1-28-21(27)15-9-7-14(8-10-15)11-16(12-22)19-18(13-23)20(24)26(25-19)17-5-3-2-4-6-17/h2-11H,24H2,1H3/b16-11+. The van der Waals surface area contributed by atoms with Crippen LogP contribution in [-0.2, 0) is 4.74 Å². The number of nitrogens with two attached hydrogens (primary N) is 1. The van der Waals surface area contributed by atoms with Gasteiger partial charge in [0.1, 0.15) is 29.2 Å². The van der Waals surface area contributed by atoms with E-state index in [0.29, 0.717) is 16.8 Å². The number of benzene rings is 2. The molecule has 2 aromatic carbocycles. The average Bonchev–Trinajstić information content (AvgIpc) is 3.08. The number of nitriles is 2. The van der Waals surface area contributed by atoms with Crippen molar-refractivity contribution >= 4 is 23.4 Å². The highest BCUT2D eigenvalue weighted by atomic mass is 16.5. The first-order valence-electron chi connectivity index (χ1n) is 8.23. The molecular formula is C21H15N5O2. The van der Waals surface area contributed by atoms with E-state index in [-0.39, 0.29) is 22.6 Å². The Kier molecular flexibility index (Phi) is 5.20. The molecule has 0 amide bonds. The van der Waals surface area contributed by atoms with Crippen molar-refractivity contribution in [2.24, 2.45) is 0 Å². The molecule has 1 aromatic heterocycles. The van der Waals surface area contributed by atoms with Gasteiger partial charge in [-0.3, -0.25) is 0 Å². The maximum absolute atomic E-state index is 11.5. The molecule has 0 bridgehead atoms. The number of carbonyl (C=O) groups excluding carboxylic acids is 1. The number of hydrogen-bond acceptors (Lipinski definition) is 6. The number of hydrogen-bond donors (Lipinski definition) is 1. The first-order chi connectivity index (χ1) is 13.6. The molecule has 0 aliphatic rings. The molecule has 0 saturated heterocycles. The zero-order chi connectivity index (χ0) is 20.1. The van der Waals surface area contributed by atoms with Crippen LogP contribution in [0.25, 0.3) is 17.3 Å². The topological polar surface area (TPSA) is 118 Å². The van der Waals surface area contributed by atoms with Gasteiger partial charge >= 0.3 is 5.97 Å². The molecule has 0 radical (unpaired) electrons. The van der Waals surface area contributed by atoms with E-state index in [4.69, 9.17) is 5.73 Å². The Bertz CT molecular complexity index is 1130. The van der Waals surface area contributed by atoms with Crippen LogP contribution in [0.15, 0.2) is 54.6 Å². The van der Waals surface area contributed by atoms with Gasteiger partial charge in [0, 0.05) is 0 Å². The summed E-state index contributed by atoms with van der Waals surface area (Å²) in [5, 5.41) is 23.5. The molecule has 0 fully saturated rings. The molecule has 0 aliphatic carbocycles. The van der Waals surface area contributed by atoms with E-state index >= 15 is 0 Å². The van der Waals surface area contributed by atoms with Gasteiger partial charge in [0.15, 0.2) is 0 Å². The molecule has 136 valence electrons. The minimum absolute atomic E-state index is 0.128. The molecule has 2 N–H and O–H groups in total. The molecule has 0 unspecified atom stereocenters. The van der Waals surface area contributed by atoms with Crippen LogP contribution < -0.4 is 5.73 Å². The predicted octanol–water partition coefficient (Wildman–Crippen LogP) is 3.18. The average molecular weight is 369 g/mol. The van der Waals surface area contributed by atoms with E-state index in [1.54, 1.807) is 42.5 Å². The molecule has 0 saturated carbocycles. The predicted molar refractivity (Wildman–Crippen MR) is 104 cm³/mol. The second kappa shape index (κ2) is 7.90. The molecule has 7 nitrogen and oxygen atoms in total. The Morgan fingerprint density at radius 2 is 1.82 bits per heavy atom. The zero-order valence-electron chi connectivity index (χ0n) is 15.0. The van der Waals surface area contributed by atoms with Gasteiger partial charge in [0.2, 0.25) is 0 Å². The molecular weight excluding hydrogens is 354 g/mol. The van der Waals surface area contributed by atoms with E-state index in [1.165, 1.54) is 11.8 Å². The number of aromatic nitrogens is 2. The third kappa shape index (κ3) is 3.46. The lowest BCUT2D eigenvalue weighted by Gasteiger charge is -2.02. The Hall–Kier alpha value is -4.36. The van der Waals surface area contributed by atoms with Gasteiger partial charge in [-0.15, -0.1) is 0 Å². The van der Waals surface area contributed by atoms with Gasteiger partial charge in [-0.1, -0.05) is 30.3 Å². The number of para-hydroxylation sites is 1. The van der Waals surface area contributed by atoms with Gasteiger partial charge in [-0.25, -0.2) is 9.48 Å². The number of rotatable bonds is 4. The first kappa shape index (κ1) is 18.4. The molecule has 1 heterocycles. The van der Waals surface area contributed by atoms with Crippen molar-refractivity contribution in [3.05, 3.63) is 77.0 Å². The van der Waals surface area contributed by atoms with Crippen LogP contribution in [0.5, 0.6) is 0 Å². The van der Waals surface area contributed by atoms with Crippen molar-refractivity contribution < 1.29 is 9.53 Å². The van der Waals surface area contributed by atoms with Crippen molar-refractivity contribution in [3.63, 3.8) is 0 Å². The minimum atomic E-state index is -0.447. The van der Waals surface area contributed by atoms with Crippen LogP contribution >= 0.6 is 0 Å². The summed E-state index contributed by atoms with van der Waals surface area (Å²) in [5.41, 5.74) is 8.35. The number of esters is 1. The van der Waals surface area contributed by atoms with Crippen LogP contribution in [0, 0.1) is 22.7 Å². The molecule has 3 rings (SSSR count). The van der Waals surface area contributed by atoms with Crippen LogP contribution in [0.4, 0.5) is 5.82 Å². The first-order valence-corrected chi connectivity index (χ1v) is 8.23. The van der Waals surface area contributed by atoms with Crippen LogP contribution in [0.2, 0.25) is 0 Å². The van der Waals surface area contributed by atoms with Gasteiger partial charge in [-0.2, -0.15) is 15.6 Å². The Labute approximate surface area is 161 Å². The number of carbonyl (C=O) groups is 1. The van der Waals surface area contributed by atoms with Crippen molar-refractivity contribution in [1.82, 2.24) is 9.78 Å². The summed E-state index contributed by atoms with van der Waals surface area (Å²) in [7, 11) is 1.31. The minimum Gasteiger partial charge on any atom is -0.465 e. The van der Waals surface area contributed by atoms with E-state index in [1.807, 2.05) is 24.3 Å². The highest BCUT2D eigenvalue weighted by Crippen LogP contribution is 2.27. The smallest absolute Gasteiger partial charge is 0.337 e. The summed E-state index contributed by atoms with van der Waals surface area (Å²) < 4.78 is 6.10. The van der Waals surface area contributed by atoms with Crippen molar-refractivity contribution in [1.29, 1.82) is 10.5 Å². The largest absolute Gasteiger partial charge is 0.465 e. The third-order valence-corrected chi connectivity index (χ3v) is 4.05. The lowest BCUT2D eigenvalue weighted by molar-refractivity contribution is 0.0600. The van der Waals surface area contributed by atoms with Crippen LogP contribution in [-0.4, -0.2) is 22.9 Å². The lowest BCUT2D eigenvalue weighted by Crippen LogP contribution is -2.02. The van der Waals surface area contributed by atoms with Crippen molar-refractivity contribution in [2.75, 3.05) is 12.8 Å². The maximum Gasteiger partial charge on any atom is 0.337 e. The van der Waals surface area contributed by atoms with E-state index < -0.39 is 5.97 Å². The summed E-state index contributed by atoms with van der Waals surface area (Å²) in [6.07, 6.45) is 1.58. The Morgan fingerprint density at radius 1 is 1.14 bits per heavy atom. The van der Waals surface area contributed by atoms with Crippen LogP contribution in [0.3, 0.4) is 0 Å². The number of nitrogen functional groups attached to an aromatic ring is 1. The fourth-order valence-electron chi connectivity index (χ4n) is 2.65. The quantitative estimate of drug-likeness (QED) is 0.557. The summed E-state index contributed by atoms with van der Waals surface area (Å²) in [6, 6.07) is 19.7. The van der Waals surface area contributed by atoms with Crippen LogP contribution in [0.1, 0.15) is 27.2 Å². The number of methoxy groups -OCH3 is 1. The molecule has 7 heteroatoms. The summed E-state index contributed by atoms with van der Waals surface area (Å²) in [4.78, 5) is 11.5. The maximum atomic E-state index is 11.5. The molecule has 0 spiro atoms. The number of allylic oxidation sites excluding steroid dienone is 1. The van der Waals surface area contributed by atoms with Gasteiger partial charge in [0.25, 0.3) is 0 Å². The van der Waals surface area contributed by atoms with E-state index in [9.17, 15) is 15.3 Å². The normalized spacial score (nSPS) is 10.8. The van der Waals surface area contributed by atoms with E-state index in [0.717, 1.165) is 0 Å². The fourth-order valence-corrected chi connectivity index (χ4v) is 2.65. The highest BCUT2D eigenvalue weighted by Gasteiger charge is 2.19. The lowest BCUT2D eigenvalue weighted by atomic mass is 10.0. The Morgan fingerprint density at radius 3 is 2.39 bits per heavy atom. The van der Waals surface area contributed by atoms with Crippen molar-refractivity contribution in [3.8, 4) is 17.8 Å². The number of nitrogens with zero attached hydrogens (tertiary/aromatic N) is 4. The number of ether oxygens (including phenoxy) is 1. The van der Waals surface area contributed by atoms with Gasteiger partial charge in [-0.05, 0) is 35.9 Å². The monoisotopic (exact) mass is 369 g/mol. The second-order valence-corrected chi connectivity index (χ2v) is 5.75. The van der Waals surface area contributed by atoms with Crippen molar-refractivity contribution in [2.45, 2.75) is 0 Å². The van der Waals surface area contributed by atoms with Gasteiger partial charge in [0.05, 0.1) is 23.9 Å². The molecule has 0 aliphatic heterocycles.